The van der Waals surface area contributed by atoms with Crippen LogP contribution in [0.4, 0.5) is 17.6 Å². The van der Waals surface area contributed by atoms with Crippen LogP contribution in [-0.4, -0.2) is 14.5 Å². The number of halogens is 7. The Balaban J connectivity index is 4.40. The lowest BCUT2D eigenvalue weighted by Gasteiger charge is -2.24. The second kappa shape index (κ2) is 3.26. The quantitative estimate of drug-likeness (QED) is 0.525. The van der Waals surface area contributed by atoms with Crippen molar-refractivity contribution in [3.8, 4) is 0 Å². The maximum atomic E-state index is 12.1. The topological polar surface area (TPSA) is 0 Å². The third kappa shape index (κ3) is 2.34. The molecule has 0 fully saturated rings. The molecule has 0 amide bonds. The molecule has 0 radical (unpaired) electrons. The van der Waals surface area contributed by atoms with E-state index in [1.54, 1.807) is 15.9 Å². The Morgan fingerprint density at radius 3 is 1.30 bits per heavy atom. The molecule has 0 bridgehead atoms. The SMILES string of the molecule is FC(F)C(Br)(Br)C(F)(F)Br. The van der Waals surface area contributed by atoms with Crippen LogP contribution in [0.15, 0.2) is 0 Å². The number of alkyl halides is 7. The van der Waals surface area contributed by atoms with E-state index in [2.05, 4.69) is 31.9 Å². The Kier molecular flexibility index (Phi) is 3.64. The number of rotatable bonds is 2. The lowest BCUT2D eigenvalue weighted by Crippen LogP contribution is -2.38. The van der Waals surface area contributed by atoms with Gasteiger partial charge in [0.05, 0.1) is 0 Å². The standard InChI is InChI=1S/C3HBr3F4/c4-2(5,1(7)8)3(6,9)10/h1H. The van der Waals surface area contributed by atoms with Crippen molar-refractivity contribution >= 4 is 47.8 Å². The molecule has 0 unspecified atom stereocenters. The van der Waals surface area contributed by atoms with E-state index in [1.165, 1.54) is 0 Å². The van der Waals surface area contributed by atoms with Gasteiger partial charge in [-0.1, -0.05) is 31.9 Å². The second-order valence-electron chi connectivity index (χ2n) is 1.42. The summed E-state index contributed by atoms with van der Waals surface area (Å²) in [5.41, 5.74) is 0. The molecule has 0 N–H and O–H groups in total. The van der Waals surface area contributed by atoms with E-state index in [-0.39, 0.29) is 0 Å². The van der Waals surface area contributed by atoms with Crippen molar-refractivity contribution in [2.24, 2.45) is 0 Å². The molecule has 0 aromatic heterocycles. The molecule has 0 spiro atoms. The Hall–Kier alpha value is 1.16. The molecular formula is C3HBr3F4. The first kappa shape index (κ1) is 11.2. The van der Waals surface area contributed by atoms with Gasteiger partial charge in [0.1, 0.15) is 0 Å². The van der Waals surface area contributed by atoms with Gasteiger partial charge in [0.15, 0.2) is 0 Å². The Labute approximate surface area is 79.7 Å². The van der Waals surface area contributed by atoms with Crippen LogP contribution in [0, 0.1) is 0 Å². The summed E-state index contributed by atoms with van der Waals surface area (Å²) in [7, 11) is 0. The molecule has 0 heterocycles. The van der Waals surface area contributed by atoms with E-state index in [0.717, 1.165) is 0 Å². The van der Waals surface area contributed by atoms with Crippen molar-refractivity contribution in [3.63, 3.8) is 0 Å². The van der Waals surface area contributed by atoms with E-state index >= 15 is 0 Å². The van der Waals surface area contributed by atoms with Crippen LogP contribution >= 0.6 is 47.8 Å². The van der Waals surface area contributed by atoms with Crippen LogP contribution in [-0.2, 0) is 0 Å². The van der Waals surface area contributed by atoms with Crippen molar-refractivity contribution < 1.29 is 17.6 Å². The molecule has 0 aliphatic rings. The van der Waals surface area contributed by atoms with Gasteiger partial charge < -0.3 is 0 Å². The molecular weight excluding hydrogens is 352 g/mol. The molecule has 0 aromatic carbocycles. The second-order valence-corrected chi connectivity index (χ2v) is 5.98. The van der Waals surface area contributed by atoms with Crippen LogP contribution in [0.3, 0.4) is 0 Å². The summed E-state index contributed by atoms with van der Waals surface area (Å²) >= 11 is 6.07. The maximum Gasteiger partial charge on any atom is 0.331 e. The first-order valence-electron chi connectivity index (χ1n) is 1.92. The van der Waals surface area contributed by atoms with Gasteiger partial charge in [0.2, 0.25) is 3.23 Å². The van der Waals surface area contributed by atoms with Crippen molar-refractivity contribution in [2.75, 3.05) is 0 Å². The first-order chi connectivity index (χ1) is 4.19. The zero-order chi connectivity index (χ0) is 8.58. The average Bonchev–Trinajstić information content (AvgIpc) is 1.62. The average molecular weight is 353 g/mol. The van der Waals surface area contributed by atoms with Gasteiger partial charge in [0.25, 0.3) is 6.43 Å². The van der Waals surface area contributed by atoms with E-state index in [4.69, 9.17) is 0 Å². The van der Waals surface area contributed by atoms with Crippen LogP contribution in [0.2, 0.25) is 0 Å². The van der Waals surface area contributed by atoms with Gasteiger partial charge in [-0.15, -0.1) is 0 Å². The molecule has 0 saturated carbocycles. The zero-order valence-corrected chi connectivity index (χ0v) is 8.98. The largest absolute Gasteiger partial charge is 0.331 e. The van der Waals surface area contributed by atoms with Gasteiger partial charge in [-0.25, -0.2) is 8.78 Å². The molecule has 7 heteroatoms. The van der Waals surface area contributed by atoms with Gasteiger partial charge in [-0.2, -0.15) is 8.78 Å². The molecule has 62 valence electrons. The third-order valence-corrected chi connectivity index (χ3v) is 4.03. The maximum absolute atomic E-state index is 12.1. The Morgan fingerprint density at radius 2 is 1.30 bits per heavy atom. The predicted octanol–water partition coefficient (Wildman–Crippen LogP) is 3.73. The van der Waals surface area contributed by atoms with Gasteiger partial charge >= 0.3 is 4.83 Å². The highest BCUT2D eigenvalue weighted by Crippen LogP contribution is 2.49. The molecule has 0 aliphatic carbocycles. The Morgan fingerprint density at radius 1 is 1.00 bits per heavy atom. The summed E-state index contributed by atoms with van der Waals surface area (Å²) in [4.78, 5) is -3.69. The minimum Gasteiger partial charge on any atom is -0.208 e. The number of hydrogen-bond donors (Lipinski definition) is 0. The summed E-state index contributed by atoms with van der Waals surface area (Å²) in [6.07, 6.45) is -3.21. The smallest absolute Gasteiger partial charge is 0.208 e. The highest BCUT2D eigenvalue weighted by atomic mass is 79.9. The van der Waals surface area contributed by atoms with E-state index in [1.807, 2.05) is 0 Å². The monoisotopic (exact) mass is 350 g/mol. The van der Waals surface area contributed by atoms with Crippen LogP contribution in [0.25, 0.3) is 0 Å². The molecule has 0 nitrogen and oxygen atoms in total. The highest BCUT2D eigenvalue weighted by molar-refractivity contribution is 9.26. The van der Waals surface area contributed by atoms with Crippen molar-refractivity contribution in [2.45, 2.75) is 14.5 Å². The lowest BCUT2D eigenvalue weighted by molar-refractivity contribution is 0.0246. The highest BCUT2D eigenvalue weighted by Gasteiger charge is 2.55. The fourth-order valence-corrected chi connectivity index (χ4v) is 0.297. The molecule has 0 aromatic rings. The Bertz CT molecular complexity index is 117. The molecule has 0 saturated heterocycles. The molecule has 0 atom stereocenters. The van der Waals surface area contributed by atoms with Gasteiger partial charge in [-0.3, -0.25) is 0 Å². The van der Waals surface area contributed by atoms with E-state index < -0.39 is 14.5 Å². The fourth-order valence-electron chi connectivity index (χ4n) is 0.124. The first-order valence-corrected chi connectivity index (χ1v) is 4.30. The summed E-state index contributed by atoms with van der Waals surface area (Å²) in [6, 6.07) is 0. The third-order valence-electron chi connectivity index (χ3n) is 0.652. The normalized spacial score (nSPS) is 14.4. The molecule has 0 aliphatic heterocycles. The lowest BCUT2D eigenvalue weighted by atomic mass is 10.5. The number of hydrogen-bond acceptors (Lipinski definition) is 0. The summed E-state index contributed by atoms with van der Waals surface area (Å²) in [5.74, 6) is 0. The summed E-state index contributed by atoms with van der Waals surface area (Å²) in [6.45, 7) is 0. The zero-order valence-electron chi connectivity index (χ0n) is 4.22. The molecule has 0 rings (SSSR count). The van der Waals surface area contributed by atoms with Crippen LogP contribution in [0.1, 0.15) is 0 Å². The van der Waals surface area contributed by atoms with Gasteiger partial charge in [0, 0.05) is 0 Å². The van der Waals surface area contributed by atoms with Gasteiger partial charge in [-0.05, 0) is 15.9 Å². The van der Waals surface area contributed by atoms with Crippen molar-refractivity contribution in [3.05, 3.63) is 0 Å². The van der Waals surface area contributed by atoms with Crippen molar-refractivity contribution in [1.82, 2.24) is 0 Å². The summed E-state index contributed by atoms with van der Waals surface area (Å²) < 4.78 is 44.9. The minimum absolute atomic E-state index is 1.79. The van der Waals surface area contributed by atoms with Crippen LogP contribution in [0.5, 0.6) is 0 Å². The fraction of sp³-hybridized carbons (Fsp3) is 1.00. The minimum atomic E-state index is -3.69. The van der Waals surface area contributed by atoms with Crippen LogP contribution < -0.4 is 0 Å². The molecule has 10 heavy (non-hydrogen) atoms. The van der Waals surface area contributed by atoms with E-state index in [9.17, 15) is 17.6 Å². The summed E-state index contributed by atoms with van der Waals surface area (Å²) in [5, 5.41) is 0. The van der Waals surface area contributed by atoms with Crippen molar-refractivity contribution in [1.29, 1.82) is 0 Å². The predicted molar refractivity (Wildman–Crippen MR) is 40.5 cm³/mol. The van der Waals surface area contributed by atoms with E-state index in [0.29, 0.717) is 0 Å².